The van der Waals surface area contributed by atoms with E-state index in [1.165, 1.54) is 64.2 Å². The van der Waals surface area contributed by atoms with E-state index in [4.69, 9.17) is 0 Å². The first-order valence-electron chi connectivity index (χ1n) is 11.2. The van der Waals surface area contributed by atoms with Crippen LogP contribution in [0.2, 0.25) is 0 Å². The first-order chi connectivity index (χ1) is 13.7. The summed E-state index contributed by atoms with van der Waals surface area (Å²) in [4.78, 5) is 12.3. The average molecular weight is 384 g/mol. The number of fused-ring (bicyclic) bond motifs is 1. The Kier molecular flexibility index (Phi) is 10.5. The second kappa shape index (κ2) is 13.2. The van der Waals surface area contributed by atoms with Gasteiger partial charge in [-0.25, -0.2) is 0 Å². The summed E-state index contributed by atoms with van der Waals surface area (Å²) in [6, 6.07) is 11.2. The van der Waals surface area contributed by atoms with E-state index in [0.717, 1.165) is 23.6 Å². The number of phenols is 1. The molecular formula is C25H37NO2. The van der Waals surface area contributed by atoms with Crippen LogP contribution in [-0.4, -0.2) is 17.6 Å². The van der Waals surface area contributed by atoms with E-state index in [1.807, 2.05) is 30.3 Å². The summed E-state index contributed by atoms with van der Waals surface area (Å²) in [5.41, 5.74) is 0.359. The molecule has 0 aliphatic carbocycles. The minimum absolute atomic E-state index is 0.0743. The molecule has 0 fully saturated rings. The van der Waals surface area contributed by atoms with Gasteiger partial charge in [-0.3, -0.25) is 4.79 Å². The van der Waals surface area contributed by atoms with E-state index < -0.39 is 0 Å². The molecule has 1 amide bonds. The second-order valence-corrected chi connectivity index (χ2v) is 7.83. The fraction of sp³-hybridized carbons (Fsp3) is 0.560. The van der Waals surface area contributed by atoms with E-state index in [0.29, 0.717) is 12.1 Å². The topological polar surface area (TPSA) is 49.3 Å². The highest BCUT2D eigenvalue weighted by molar-refractivity contribution is 6.03. The van der Waals surface area contributed by atoms with E-state index in [-0.39, 0.29) is 11.7 Å². The summed E-state index contributed by atoms with van der Waals surface area (Å²) in [5.74, 6) is -0.114. The normalized spacial score (nSPS) is 11.0. The van der Waals surface area contributed by atoms with Crippen molar-refractivity contribution in [3.05, 3.63) is 42.0 Å². The quantitative estimate of drug-likeness (QED) is 0.346. The Hall–Kier alpha value is -2.03. The summed E-state index contributed by atoms with van der Waals surface area (Å²) in [6.07, 6.45) is 15.7. The molecule has 2 aromatic carbocycles. The molecular weight excluding hydrogens is 346 g/mol. The molecule has 0 aliphatic heterocycles. The summed E-state index contributed by atoms with van der Waals surface area (Å²) in [6.45, 7) is 2.93. The Bertz CT molecular complexity index is 711. The predicted molar refractivity (Wildman–Crippen MR) is 119 cm³/mol. The largest absolute Gasteiger partial charge is 0.506 e. The van der Waals surface area contributed by atoms with Gasteiger partial charge in [0.2, 0.25) is 0 Å². The Morgan fingerprint density at radius 2 is 1.36 bits per heavy atom. The summed E-state index contributed by atoms with van der Waals surface area (Å²) >= 11 is 0. The van der Waals surface area contributed by atoms with Crippen LogP contribution in [0.5, 0.6) is 5.75 Å². The third-order valence-electron chi connectivity index (χ3n) is 5.46. The van der Waals surface area contributed by atoms with E-state index in [2.05, 4.69) is 12.2 Å². The van der Waals surface area contributed by atoms with Crippen LogP contribution in [0, 0.1) is 0 Å². The maximum Gasteiger partial charge on any atom is 0.255 e. The van der Waals surface area contributed by atoms with Crippen LogP contribution >= 0.6 is 0 Å². The molecule has 3 heteroatoms. The molecule has 0 bridgehead atoms. The molecule has 0 unspecified atom stereocenters. The number of aromatic hydroxyl groups is 1. The fourth-order valence-corrected chi connectivity index (χ4v) is 3.70. The van der Waals surface area contributed by atoms with Crippen molar-refractivity contribution in [1.29, 1.82) is 0 Å². The van der Waals surface area contributed by atoms with Crippen molar-refractivity contribution in [2.24, 2.45) is 0 Å². The van der Waals surface area contributed by atoms with Gasteiger partial charge in [0.05, 0.1) is 5.56 Å². The van der Waals surface area contributed by atoms with Gasteiger partial charge in [0.15, 0.2) is 0 Å². The van der Waals surface area contributed by atoms with Gasteiger partial charge in [0, 0.05) is 11.9 Å². The van der Waals surface area contributed by atoms with Gasteiger partial charge in [-0.05, 0) is 17.9 Å². The molecule has 0 aromatic heterocycles. The van der Waals surface area contributed by atoms with Crippen LogP contribution in [-0.2, 0) is 0 Å². The predicted octanol–water partition coefficient (Wildman–Crippen LogP) is 6.98. The number of benzene rings is 2. The maximum absolute atomic E-state index is 12.3. The second-order valence-electron chi connectivity index (χ2n) is 7.83. The number of carbonyl (C=O) groups is 1. The molecule has 28 heavy (non-hydrogen) atoms. The Labute approximate surface area is 170 Å². The molecule has 0 atom stereocenters. The molecule has 0 saturated carbocycles. The summed E-state index contributed by atoms with van der Waals surface area (Å²) < 4.78 is 0. The molecule has 0 heterocycles. The van der Waals surface area contributed by atoms with Crippen molar-refractivity contribution in [3.8, 4) is 5.75 Å². The standard InChI is InChI=1S/C25H37NO2/c1-2-3-4-5-6-7-8-9-10-11-12-15-20-26-25(28)23-19-18-21-16-13-14-17-22(21)24(23)27/h13-14,16-19,27H,2-12,15,20H2,1H3,(H,26,28). The first kappa shape index (κ1) is 22.3. The van der Waals surface area contributed by atoms with Crippen molar-refractivity contribution in [2.45, 2.75) is 84.0 Å². The minimum Gasteiger partial charge on any atom is -0.506 e. The van der Waals surface area contributed by atoms with Crippen LogP contribution in [0.15, 0.2) is 36.4 Å². The lowest BCUT2D eigenvalue weighted by molar-refractivity contribution is 0.0950. The zero-order chi connectivity index (χ0) is 20.0. The van der Waals surface area contributed by atoms with Crippen molar-refractivity contribution >= 4 is 16.7 Å². The highest BCUT2D eigenvalue weighted by Crippen LogP contribution is 2.28. The van der Waals surface area contributed by atoms with Gasteiger partial charge in [0.1, 0.15) is 5.75 Å². The lowest BCUT2D eigenvalue weighted by atomic mass is 10.0. The van der Waals surface area contributed by atoms with Crippen molar-refractivity contribution < 1.29 is 9.90 Å². The third kappa shape index (κ3) is 7.53. The molecule has 154 valence electrons. The Balaban J connectivity index is 1.53. The van der Waals surface area contributed by atoms with E-state index in [9.17, 15) is 9.90 Å². The molecule has 0 aliphatic rings. The molecule has 3 nitrogen and oxygen atoms in total. The van der Waals surface area contributed by atoms with E-state index in [1.54, 1.807) is 6.07 Å². The molecule has 0 radical (unpaired) electrons. The van der Waals surface area contributed by atoms with Gasteiger partial charge in [-0.2, -0.15) is 0 Å². The van der Waals surface area contributed by atoms with Crippen molar-refractivity contribution in [2.75, 3.05) is 6.54 Å². The first-order valence-corrected chi connectivity index (χ1v) is 11.2. The number of hydrogen-bond donors (Lipinski definition) is 2. The fourth-order valence-electron chi connectivity index (χ4n) is 3.70. The molecule has 0 spiro atoms. The van der Waals surface area contributed by atoms with Gasteiger partial charge in [0.25, 0.3) is 5.91 Å². The van der Waals surface area contributed by atoms with Gasteiger partial charge >= 0.3 is 0 Å². The zero-order valence-corrected chi connectivity index (χ0v) is 17.5. The summed E-state index contributed by atoms with van der Waals surface area (Å²) in [7, 11) is 0. The third-order valence-corrected chi connectivity index (χ3v) is 5.46. The number of carbonyl (C=O) groups excluding carboxylic acids is 1. The van der Waals surface area contributed by atoms with Crippen LogP contribution in [0.25, 0.3) is 10.8 Å². The molecule has 2 aromatic rings. The number of rotatable bonds is 14. The van der Waals surface area contributed by atoms with Crippen molar-refractivity contribution in [1.82, 2.24) is 5.32 Å². The summed E-state index contributed by atoms with van der Waals surface area (Å²) in [5, 5.41) is 15.0. The molecule has 2 rings (SSSR count). The van der Waals surface area contributed by atoms with Crippen molar-refractivity contribution in [3.63, 3.8) is 0 Å². The SMILES string of the molecule is CCCCCCCCCCCCCCNC(=O)c1ccc2ccccc2c1O. The zero-order valence-electron chi connectivity index (χ0n) is 17.5. The van der Waals surface area contributed by atoms with Crippen LogP contribution < -0.4 is 5.32 Å². The molecule has 2 N–H and O–H groups in total. The number of phenolic OH excluding ortho intramolecular Hbond substituents is 1. The van der Waals surface area contributed by atoms with Gasteiger partial charge < -0.3 is 10.4 Å². The monoisotopic (exact) mass is 383 g/mol. The van der Waals surface area contributed by atoms with Gasteiger partial charge in [-0.15, -0.1) is 0 Å². The number of nitrogens with one attached hydrogen (secondary N) is 1. The lowest BCUT2D eigenvalue weighted by Gasteiger charge is -2.09. The highest BCUT2D eigenvalue weighted by atomic mass is 16.3. The van der Waals surface area contributed by atoms with Crippen LogP contribution in [0.3, 0.4) is 0 Å². The average Bonchev–Trinajstić information content (AvgIpc) is 2.71. The minimum atomic E-state index is -0.189. The molecule has 0 saturated heterocycles. The Morgan fingerprint density at radius 1 is 0.786 bits per heavy atom. The van der Waals surface area contributed by atoms with Gasteiger partial charge in [-0.1, -0.05) is 108 Å². The van der Waals surface area contributed by atoms with Crippen LogP contribution in [0.4, 0.5) is 0 Å². The number of hydrogen-bond acceptors (Lipinski definition) is 2. The number of unbranched alkanes of at least 4 members (excludes halogenated alkanes) is 11. The van der Waals surface area contributed by atoms with E-state index >= 15 is 0 Å². The maximum atomic E-state index is 12.3. The Morgan fingerprint density at radius 3 is 2.00 bits per heavy atom. The highest BCUT2D eigenvalue weighted by Gasteiger charge is 2.12. The lowest BCUT2D eigenvalue weighted by Crippen LogP contribution is -2.24. The van der Waals surface area contributed by atoms with Crippen LogP contribution in [0.1, 0.15) is 94.3 Å². The smallest absolute Gasteiger partial charge is 0.255 e. The number of amides is 1.